The molecule has 0 aromatic rings. The Morgan fingerprint density at radius 3 is 2.67 bits per heavy atom. The molecule has 3 N–H and O–H groups in total. The number of amides is 3. The Morgan fingerprint density at radius 2 is 2.17 bits per heavy atom. The summed E-state index contributed by atoms with van der Waals surface area (Å²) in [5, 5.41) is 20.0. The fraction of sp³-hybridized carbons (Fsp3) is 0.778. The van der Waals surface area contributed by atoms with Gasteiger partial charge in [0.1, 0.15) is 6.10 Å². The molecule has 102 valence electrons. The van der Waals surface area contributed by atoms with E-state index in [9.17, 15) is 23.5 Å². The van der Waals surface area contributed by atoms with Crippen LogP contribution in [0.3, 0.4) is 0 Å². The Kier molecular flexibility index (Phi) is 3.21. The van der Waals surface area contributed by atoms with Gasteiger partial charge in [-0.15, -0.1) is 0 Å². The van der Waals surface area contributed by atoms with Crippen LogP contribution in [0.4, 0.5) is 13.6 Å². The first-order valence-electron chi connectivity index (χ1n) is 5.30. The summed E-state index contributed by atoms with van der Waals surface area (Å²) in [7, 11) is 0. The number of rotatable bonds is 2. The van der Waals surface area contributed by atoms with Crippen molar-refractivity contribution in [1.29, 1.82) is 0 Å². The fourth-order valence-corrected chi connectivity index (χ4v) is 1.95. The summed E-state index contributed by atoms with van der Waals surface area (Å²) in [6.07, 6.45) is -5.77. The second kappa shape index (κ2) is 4.41. The summed E-state index contributed by atoms with van der Waals surface area (Å²) in [6.45, 7) is -1.02. The van der Waals surface area contributed by atoms with Crippen LogP contribution in [0.25, 0.3) is 0 Å². The molecule has 2 aliphatic rings. The van der Waals surface area contributed by atoms with Crippen LogP contribution in [0.15, 0.2) is 0 Å². The lowest BCUT2D eigenvalue weighted by atomic mass is 10.1. The molecule has 3 atom stereocenters. The third-order valence-electron chi connectivity index (χ3n) is 2.93. The van der Waals surface area contributed by atoms with Crippen molar-refractivity contribution in [3.05, 3.63) is 0 Å². The maximum absolute atomic E-state index is 13.7. The van der Waals surface area contributed by atoms with E-state index in [4.69, 9.17) is 9.84 Å². The Balaban J connectivity index is 2.18. The maximum atomic E-state index is 13.7. The molecule has 2 rings (SSSR count). The molecule has 0 bridgehead atoms. The second-order valence-corrected chi connectivity index (χ2v) is 4.13. The maximum Gasteiger partial charge on any atom is 0.326 e. The lowest BCUT2D eigenvalue weighted by Crippen LogP contribution is -2.58. The zero-order valence-corrected chi connectivity index (χ0v) is 9.18. The molecule has 3 unspecified atom stereocenters. The van der Waals surface area contributed by atoms with Crippen molar-refractivity contribution < 1.29 is 33.3 Å². The molecule has 2 fully saturated rings. The van der Waals surface area contributed by atoms with Crippen LogP contribution in [0.5, 0.6) is 0 Å². The molecule has 2 aliphatic heterocycles. The molecule has 0 aromatic heterocycles. The number of aliphatic hydroxyl groups is 2. The molecule has 0 aromatic carbocycles. The van der Waals surface area contributed by atoms with Gasteiger partial charge in [-0.2, -0.15) is 8.78 Å². The average molecular weight is 266 g/mol. The number of carbonyl (C=O) groups is 2. The van der Waals surface area contributed by atoms with E-state index >= 15 is 0 Å². The van der Waals surface area contributed by atoms with E-state index in [0.29, 0.717) is 4.90 Å². The van der Waals surface area contributed by atoms with E-state index in [0.717, 1.165) is 0 Å². The monoisotopic (exact) mass is 266 g/mol. The first kappa shape index (κ1) is 13.1. The van der Waals surface area contributed by atoms with Gasteiger partial charge in [0.15, 0.2) is 6.10 Å². The number of urea groups is 1. The predicted octanol–water partition coefficient (Wildman–Crippen LogP) is -1.36. The molecule has 3 amide bonds. The topological polar surface area (TPSA) is 99.1 Å². The summed E-state index contributed by atoms with van der Waals surface area (Å²) in [4.78, 5) is 23.0. The third-order valence-corrected chi connectivity index (χ3v) is 2.93. The minimum atomic E-state index is -3.70. The molecular formula is C9H12F2N2O5. The third kappa shape index (κ3) is 1.93. The summed E-state index contributed by atoms with van der Waals surface area (Å²) < 4.78 is 32.2. The van der Waals surface area contributed by atoms with Gasteiger partial charge in [0, 0.05) is 13.0 Å². The molecule has 9 heteroatoms. The molecule has 0 aliphatic carbocycles. The fourth-order valence-electron chi connectivity index (χ4n) is 1.95. The van der Waals surface area contributed by atoms with Crippen molar-refractivity contribution in [3.63, 3.8) is 0 Å². The van der Waals surface area contributed by atoms with Crippen molar-refractivity contribution in [3.8, 4) is 0 Å². The lowest BCUT2D eigenvalue weighted by Gasteiger charge is -2.33. The van der Waals surface area contributed by atoms with E-state index < -0.39 is 42.9 Å². The van der Waals surface area contributed by atoms with Crippen LogP contribution < -0.4 is 5.32 Å². The van der Waals surface area contributed by atoms with Crippen molar-refractivity contribution >= 4 is 11.9 Å². The Morgan fingerprint density at radius 1 is 1.50 bits per heavy atom. The van der Waals surface area contributed by atoms with Gasteiger partial charge >= 0.3 is 12.0 Å². The zero-order valence-electron chi connectivity index (χ0n) is 9.18. The highest BCUT2D eigenvalue weighted by atomic mass is 19.3. The average Bonchev–Trinajstić information content (AvgIpc) is 2.52. The molecular weight excluding hydrogens is 254 g/mol. The highest BCUT2D eigenvalue weighted by Gasteiger charge is 2.61. The quantitative estimate of drug-likeness (QED) is 0.573. The smallest absolute Gasteiger partial charge is 0.326 e. The minimum Gasteiger partial charge on any atom is -0.394 e. The van der Waals surface area contributed by atoms with Crippen LogP contribution in [0.1, 0.15) is 6.42 Å². The molecule has 2 heterocycles. The Hall–Kier alpha value is -1.32. The van der Waals surface area contributed by atoms with Gasteiger partial charge < -0.3 is 14.9 Å². The minimum absolute atomic E-state index is 0.123. The van der Waals surface area contributed by atoms with Gasteiger partial charge in [0.2, 0.25) is 12.1 Å². The lowest BCUT2D eigenvalue weighted by molar-refractivity contribution is -0.158. The molecule has 2 saturated heterocycles. The van der Waals surface area contributed by atoms with Gasteiger partial charge in [0.05, 0.1) is 6.61 Å². The molecule has 0 radical (unpaired) electrons. The van der Waals surface area contributed by atoms with E-state index in [1.165, 1.54) is 0 Å². The second-order valence-electron chi connectivity index (χ2n) is 4.13. The number of alkyl halides is 2. The summed E-state index contributed by atoms with van der Waals surface area (Å²) in [5.74, 6) is -4.26. The van der Waals surface area contributed by atoms with Gasteiger partial charge in [-0.05, 0) is 0 Å². The SMILES string of the molecule is O=C1CCN(C2OC(CO)C(O)C2(F)F)C(=O)N1. The van der Waals surface area contributed by atoms with Gasteiger partial charge in [-0.1, -0.05) is 0 Å². The number of aliphatic hydroxyl groups excluding tert-OH is 2. The highest BCUT2D eigenvalue weighted by molar-refractivity contribution is 5.96. The van der Waals surface area contributed by atoms with Crippen LogP contribution in [0.2, 0.25) is 0 Å². The van der Waals surface area contributed by atoms with Crippen LogP contribution >= 0.6 is 0 Å². The standard InChI is InChI=1S/C9H12F2N2O5/c10-9(11)6(16)4(3-14)18-7(9)13-2-1-5(15)12-8(13)17/h4,6-7,14,16H,1-3H2,(H,12,15,17). The number of imide groups is 1. The van der Waals surface area contributed by atoms with E-state index in [-0.39, 0.29) is 13.0 Å². The Bertz CT molecular complexity index is 378. The molecule has 7 nitrogen and oxygen atoms in total. The zero-order chi connectivity index (χ0) is 13.5. The predicted molar refractivity (Wildman–Crippen MR) is 51.6 cm³/mol. The highest BCUT2D eigenvalue weighted by Crippen LogP contribution is 2.38. The number of ether oxygens (including phenoxy) is 1. The summed E-state index contributed by atoms with van der Waals surface area (Å²) in [6, 6.07) is -0.998. The number of halogens is 2. The molecule has 0 spiro atoms. The van der Waals surface area contributed by atoms with Gasteiger partial charge in [-0.25, -0.2) is 4.79 Å². The largest absolute Gasteiger partial charge is 0.394 e. The van der Waals surface area contributed by atoms with E-state index in [1.807, 2.05) is 5.32 Å². The number of carbonyl (C=O) groups excluding carboxylic acids is 2. The number of hydrogen-bond donors (Lipinski definition) is 3. The van der Waals surface area contributed by atoms with Crippen molar-refractivity contribution in [1.82, 2.24) is 10.2 Å². The number of hydrogen-bond acceptors (Lipinski definition) is 5. The van der Waals surface area contributed by atoms with E-state index in [2.05, 4.69) is 0 Å². The molecule has 0 saturated carbocycles. The first-order chi connectivity index (χ1) is 8.37. The van der Waals surface area contributed by atoms with Crippen LogP contribution in [0, 0.1) is 0 Å². The van der Waals surface area contributed by atoms with E-state index in [1.54, 1.807) is 0 Å². The normalized spacial score (nSPS) is 35.8. The van der Waals surface area contributed by atoms with Gasteiger partial charge in [-0.3, -0.25) is 15.0 Å². The summed E-state index contributed by atoms with van der Waals surface area (Å²) in [5.41, 5.74) is 0. The van der Waals surface area contributed by atoms with Crippen LogP contribution in [-0.2, 0) is 9.53 Å². The van der Waals surface area contributed by atoms with Crippen molar-refractivity contribution in [2.45, 2.75) is 30.8 Å². The summed E-state index contributed by atoms with van der Waals surface area (Å²) >= 11 is 0. The van der Waals surface area contributed by atoms with Crippen LogP contribution in [-0.4, -0.2) is 64.6 Å². The number of nitrogens with one attached hydrogen (secondary N) is 1. The molecule has 18 heavy (non-hydrogen) atoms. The number of nitrogens with zero attached hydrogens (tertiary/aromatic N) is 1. The van der Waals surface area contributed by atoms with Gasteiger partial charge in [0.25, 0.3) is 0 Å². The van der Waals surface area contributed by atoms with Crippen molar-refractivity contribution in [2.75, 3.05) is 13.2 Å². The van der Waals surface area contributed by atoms with Crippen molar-refractivity contribution in [2.24, 2.45) is 0 Å². The first-order valence-corrected chi connectivity index (χ1v) is 5.30. The Labute approximate surface area is 100 Å².